The van der Waals surface area contributed by atoms with Crippen LogP contribution < -0.4 is 0 Å². The molecule has 0 aromatic heterocycles. The van der Waals surface area contributed by atoms with Gasteiger partial charge in [0, 0.05) is 23.7 Å². The number of hydrogen-bond donors (Lipinski definition) is 1. The zero-order chi connectivity index (χ0) is 20.9. The summed E-state index contributed by atoms with van der Waals surface area (Å²) in [6.45, 7) is 10.5. The summed E-state index contributed by atoms with van der Waals surface area (Å²) in [6, 6.07) is 0. The zero-order valence-corrected chi connectivity index (χ0v) is 19.7. The first kappa shape index (κ1) is 20.5. The Morgan fingerprint density at radius 1 is 0.900 bits per heavy atom. The van der Waals surface area contributed by atoms with Crippen molar-refractivity contribution < 1.29 is 14.6 Å². The quantitative estimate of drug-likeness (QED) is 0.543. The molecular formula is C27H44O3. The van der Waals surface area contributed by atoms with Crippen molar-refractivity contribution in [2.24, 2.45) is 52.3 Å². The van der Waals surface area contributed by atoms with Gasteiger partial charge in [0.1, 0.15) is 0 Å². The summed E-state index contributed by atoms with van der Waals surface area (Å²) < 4.78 is 13.3. The first-order valence-corrected chi connectivity index (χ1v) is 13.3. The average molecular weight is 417 g/mol. The highest BCUT2D eigenvalue weighted by Gasteiger charge is 2.71. The summed E-state index contributed by atoms with van der Waals surface area (Å²) in [5.41, 5.74) is 0.469. The third kappa shape index (κ3) is 2.49. The first-order valence-electron chi connectivity index (χ1n) is 13.3. The van der Waals surface area contributed by atoms with Gasteiger partial charge in [0.05, 0.1) is 18.8 Å². The van der Waals surface area contributed by atoms with Gasteiger partial charge in [-0.3, -0.25) is 0 Å². The van der Waals surface area contributed by atoms with E-state index in [0.29, 0.717) is 29.1 Å². The molecule has 0 unspecified atom stereocenters. The molecule has 3 heteroatoms. The van der Waals surface area contributed by atoms with E-state index >= 15 is 0 Å². The van der Waals surface area contributed by atoms with Crippen LogP contribution in [0.3, 0.4) is 0 Å². The molecule has 4 aliphatic carbocycles. The normalized spacial score (nSPS) is 62.5. The fourth-order valence-electron chi connectivity index (χ4n) is 10.3. The van der Waals surface area contributed by atoms with Gasteiger partial charge < -0.3 is 14.6 Å². The van der Waals surface area contributed by atoms with Crippen LogP contribution in [0.2, 0.25) is 0 Å². The Morgan fingerprint density at radius 2 is 1.73 bits per heavy atom. The lowest BCUT2D eigenvalue weighted by Crippen LogP contribution is -2.59. The fraction of sp³-hybridized carbons (Fsp3) is 1.00. The molecule has 30 heavy (non-hydrogen) atoms. The van der Waals surface area contributed by atoms with E-state index in [2.05, 4.69) is 27.7 Å². The Morgan fingerprint density at radius 3 is 2.50 bits per heavy atom. The molecule has 0 bridgehead atoms. The molecule has 6 fully saturated rings. The maximum Gasteiger partial charge on any atom is 0.171 e. The number of fused-ring (bicyclic) bond motifs is 7. The van der Waals surface area contributed by atoms with E-state index in [0.717, 1.165) is 43.6 Å². The van der Waals surface area contributed by atoms with Crippen LogP contribution in [0.4, 0.5) is 0 Å². The monoisotopic (exact) mass is 416 g/mol. The molecule has 4 saturated carbocycles. The molecule has 6 aliphatic rings. The van der Waals surface area contributed by atoms with E-state index in [9.17, 15) is 5.11 Å². The maximum absolute atomic E-state index is 11.8. The van der Waals surface area contributed by atoms with E-state index in [1.807, 2.05) is 0 Å². The van der Waals surface area contributed by atoms with Crippen molar-refractivity contribution in [3.63, 3.8) is 0 Å². The van der Waals surface area contributed by atoms with Gasteiger partial charge >= 0.3 is 0 Å². The first-order chi connectivity index (χ1) is 14.3. The molecule has 1 spiro atoms. The third-order valence-electron chi connectivity index (χ3n) is 12.0. The number of aliphatic hydroxyl groups excluding tert-OH is 1. The molecule has 170 valence electrons. The van der Waals surface area contributed by atoms with Crippen LogP contribution in [0.15, 0.2) is 0 Å². The average Bonchev–Trinajstić information content (AvgIpc) is 3.17. The van der Waals surface area contributed by atoms with Crippen molar-refractivity contribution >= 4 is 0 Å². The molecule has 0 aromatic rings. The van der Waals surface area contributed by atoms with Gasteiger partial charge in [0.15, 0.2) is 5.79 Å². The van der Waals surface area contributed by atoms with Crippen molar-refractivity contribution in [3.8, 4) is 0 Å². The predicted molar refractivity (Wildman–Crippen MR) is 118 cm³/mol. The van der Waals surface area contributed by atoms with Crippen LogP contribution in [0.1, 0.15) is 91.9 Å². The second kappa shape index (κ2) is 6.70. The molecule has 2 saturated heterocycles. The summed E-state index contributed by atoms with van der Waals surface area (Å²) in [6.07, 6.45) is 13.0. The van der Waals surface area contributed by atoms with Gasteiger partial charge in [0.25, 0.3) is 0 Å². The molecule has 0 amide bonds. The number of aliphatic hydroxyl groups is 1. The third-order valence-corrected chi connectivity index (χ3v) is 12.0. The number of hydrogen-bond acceptors (Lipinski definition) is 3. The van der Waals surface area contributed by atoms with Crippen molar-refractivity contribution in [3.05, 3.63) is 0 Å². The highest BCUT2D eigenvalue weighted by Crippen LogP contribution is 2.71. The summed E-state index contributed by atoms with van der Waals surface area (Å²) in [7, 11) is 0. The van der Waals surface area contributed by atoms with E-state index in [4.69, 9.17) is 9.47 Å². The summed E-state index contributed by atoms with van der Waals surface area (Å²) in [5.74, 6) is 4.15. The molecule has 6 rings (SSSR count). The Balaban J connectivity index is 1.31. The molecule has 2 heterocycles. The lowest BCUT2D eigenvalue weighted by molar-refractivity contribution is -0.274. The molecule has 3 nitrogen and oxygen atoms in total. The minimum absolute atomic E-state index is 0.000956. The second-order valence-electron chi connectivity index (χ2n) is 13.0. The standard InChI is InChI=1S/C27H44O3/c1-16-10-12-27(29-15-16)17(2)24-22(30-27)13-21-19-9-8-18-7-5-6-11-25(18,3)20(19)14-23(28)26(21,24)4/h16-24,28H,5-15H2,1-4H3/t16-,17-,18+,19+,20-,21-,22-,23-,24-,25-,26+,27+/m0/s1. The molecule has 0 aromatic carbocycles. The summed E-state index contributed by atoms with van der Waals surface area (Å²) in [4.78, 5) is 0. The van der Waals surface area contributed by atoms with E-state index in [1.165, 1.54) is 44.9 Å². The van der Waals surface area contributed by atoms with E-state index in [-0.39, 0.29) is 23.4 Å². The van der Waals surface area contributed by atoms with Crippen molar-refractivity contribution in [1.29, 1.82) is 0 Å². The molecule has 1 N–H and O–H groups in total. The van der Waals surface area contributed by atoms with Gasteiger partial charge in [-0.05, 0) is 80.0 Å². The van der Waals surface area contributed by atoms with E-state index in [1.54, 1.807) is 0 Å². The van der Waals surface area contributed by atoms with Gasteiger partial charge in [-0.2, -0.15) is 0 Å². The van der Waals surface area contributed by atoms with Gasteiger partial charge in [-0.25, -0.2) is 0 Å². The van der Waals surface area contributed by atoms with E-state index < -0.39 is 0 Å². The van der Waals surface area contributed by atoms with Crippen LogP contribution in [-0.4, -0.2) is 29.7 Å². The maximum atomic E-state index is 11.8. The molecule has 0 radical (unpaired) electrons. The largest absolute Gasteiger partial charge is 0.393 e. The zero-order valence-electron chi connectivity index (χ0n) is 19.7. The Hall–Kier alpha value is -0.120. The highest BCUT2D eigenvalue weighted by atomic mass is 16.7. The van der Waals surface area contributed by atoms with Crippen molar-refractivity contribution in [2.75, 3.05) is 6.61 Å². The van der Waals surface area contributed by atoms with Crippen LogP contribution in [0.5, 0.6) is 0 Å². The molecule has 12 atom stereocenters. The summed E-state index contributed by atoms with van der Waals surface area (Å²) in [5, 5.41) is 11.8. The molecular weight excluding hydrogens is 372 g/mol. The lowest BCUT2D eigenvalue weighted by atomic mass is 9.44. The van der Waals surface area contributed by atoms with Gasteiger partial charge in [-0.15, -0.1) is 0 Å². The predicted octanol–water partition coefficient (Wildman–Crippen LogP) is 5.79. The second-order valence-corrected chi connectivity index (χ2v) is 13.0. The van der Waals surface area contributed by atoms with Gasteiger partial charge in [-0.1, -0.05) is 40.5 Å². The van der Waals surface area contributed by atoms with Gasteiger partial charge in [0.2, 0.25) is 0 Å². The smallest absolute Gasteiger partial charge is 0.171 e. The lowest BCUT2D eigenvalue weighted by Gasteiger charge is -2.62. The highest BCUT2D eigenvalue weighted by molar-refractivity contribution is 5.17. The number of rotatable bonds is 0. The Kier molecular flexibility index (Phi) is 4.58. The SMILES string of the molecule is C[C@H]1CC[C@@]2(OC1)O[C@H]1C[C@H]3[C@@H]4CC[C@H]5CCCC[C@]5(C)[C@H]4C[C@H](O)[C@]3(C)[C@H]1[C@@H]2C. The topological polar surface area (TPSA) is 38.7 Å². The fourth-order valence-corrected chi connectivity index (χ4v) is 10.3. The minimum Gasteiger partial charge on any atom is -0.393 e. The van der Waals surface area contributed by atoms with Crippen LogP contribution in [0.25, 0.3) is 0 Å². The van der Waals surface area contributed by atoms with Crippen molar-refractivity contribution in [2.45, 2.75) is 110 Å². The number of ether oxygens (including phenoxy) is 2. The molecule has 2 aliphatic heterocycles. The van der Waals surface area contributed by atoms with Crippen LogP contribution >= 0.6 is 0 Å². The Labute approximate surface area is 183 Å². The van der Waals surface area contributed by atoms with Crippen molar-refractivity contribution in [1.82, 2.24) is 0 Å². The minimum atomic E-state index is -0.376. The van der Waals surface area contributed by atoms with Crippen LogP contribution in [-0.2, 0) is 9.47 Å². The summed E-state index contributed by atoms with van der Waals surface area (Å²) >= 11 is 0. The van der Waals surface area contributed by atoms with Crippen LogP contribution in [0, 0.1) is 52.3 Å². The Bertz CT molecular complexity index is 684.